The zero-order valence-electron chi connectivity index (χ0n) is 12.1. The molecule has 1 aliphatic heterocycles. The van der Waals surface area contributed by atoms with Gasteiger partial charge in [0.15, 0.2) is 0 Å². The van der Waals surface area contributed by atoms with Gasteiger partial charge in [-0.05, 0) is 37.6 Å². The Bertz CT molecular complexity index is 431. The second-order valence-corrected chi connectivity index (χ2v) is 4.98. The van der Waals surface area contributed by atoms with Gasteiger partial charge in [-0.15, -0.1) is 0 Å². The number of hydrogen-bond acceptors (Lipinski definition) is 4. The minimum Gasteiger partial charge on any atom is -1.00 e. The molecule has 1 fully saturated rings. The Morgan fingerprint density at radius 2 is 1.95 bits per heavy atom. The van der Waals surface area contributed by atoms with E-state index in [0.29, 0.717) is 6.54 Å². The van der Waals surface area contributed by atoms with Crippen molar-refractivity contribution in [3.05, 3.63) is 42.0 Å². The van der Waals surface area contributed by atoms with Gasteiger partial charge in [0.2, 0.25) is 0 Å². The molecule has 1 aliphatic rings. The number of rotatable bonds is 7. The van der Waals surface area contributed by atoms with Crippen LogP contribution in [-0.4, -0.2) is 48.6 Å². The van der Waals surface area contributed by atoms with Gasteiger partial charge < -0.3 is 27.3 Å². The first-order valence-electron chi connectivity index (χ1n) is 7.12. The molecule has 1 aromatic carbocycles. The SMILES string of the molecule is OC(CO/N=C/C=C/c1ccccc1)CN1CCCC1.[Cl-]. The molecule has 0 radical (unpaired) electrons. The highest BCUT2D eigenvalue weighted by molar-refractivity contribution is 5.77. The highest BCUT2D eigenvalue weighted by Crippen LogP contribution is 2.07. The number of benzene rings is 1. The van der Waals surface area contributed by atoms with Gasteiger partial charge >= 0.3 is 0 Å². The summed E-state index contributed by atoms with van der Waals surface area (Å²) in [5, 5.41) is 13.6. The lowest BCUT2D eigenvalue weighted by molar-refractivity contribution is -0.00000758. The Labute approximate surface area is 132 Å². The van der Waals surface area contributed by atoms with E-state index in [1.165, 1.54) is 12.8 Å². The average molecular weight is 310 g/mol. The fourth-order valence-electron chi connectivity index (χ4n) is 2.24. The molecule has 116 valence electrons. The minimum atomic E-state index is -0.469. The summed E-state index contributed by atoms with van der Waals surface area (Å²) < 4.78 is 0. The van der Waals surface area contributed by atoms with E-state index in [1.807, 2.05) is 42.5 Å². The van der Waals surface area contributed by atoms with E-state index in [-0.39, 0.29) is 19.0 Å². The smallest absolute Gasteiger partial charge is 0.144 e. The Balaban J connectivity index is 0.00000220. The molecule has 0 bridgehead atoms. The molecule has 0 aliphatic carbocycles. The summed E-state index contributed by atoms with van der Waals surface area (Å²) >= 11 is 0. The van der Waals surface area contributed by atoms with Gasteiger partial charge in [-0.25, -0.2) is 0 Å². The second kappa shape index (κ2) is 10.4. The summed E-state index contributed by atoms with van der Waals surface area (Å²) in [5.74, 6) is 0. The van der Waals surface area contributed by atoms with E-state index in [9.17, 15) is 5.11 Å². The highest BCUT2D eigenvalue weighted by atomic mass is 35.5. The molecular formula is C16H22ClN2O2-. The zero-order valence-corrected chi connectivity index (χ0v) is 12.8. The van der Waals surface area contributed by atoms with Gasteiger partial charge in [-0.1, -0.05) is 41.6 Å². The molecule has 1 saturated heterocycles. The predicted molar refractivity (Wildman–Crippen MR) is 81.6 cm³/mol. The van der Waals surface area contributed by atoms with Crippen molar-refractivity contribution in [1.29, 1.82) is 0 Å². The van der Waals surface area contributed by atoms with E-state index in [0.717, 1.165) is 18.7 Å². The third kappa shape index (κ3) is 7.27. The molecule has 21 heavy (non-hydrogen) atoms. The minimum absolute atomic E-state index is 0. The largest absolute Gasteiger partial charge is 1.00 e. The molecule has 4 nitrogen and oxygen atoms in total. The fourth-order valence-corrected chi connectivity index (χ4v) is 2.24. The van der Waals surface area contributed by atoms with E-state index >= 15 is 0 Å². The van der Waals surface area contributed by atoms with Crippen molar-refractivity contribution in [2.45, 2.75) is 18.9 Å². The van der Waals surface area contributed by atoms with Gasteiger partial charge in [0.1, 0.15) is 12.7 Å². The lowest BCUT2D eigenvalue weighted by atomic mass is 10.2. The number of hydrogen-bond donors (Lipinski definition) is 1. The molecule has 0 amide bonds. The van der Waals surface area contributed by atoms with Crippen molar-refractivity contribution in [3.63, 3.8) is 0 Å². The summed E-state index contributed by atoms with van der Waals surface area (Å²) in [6.45, 7) is 3.09. The quantitative estimate of drug-likeness (QED) is 0.528. The van der Waals surface area contributed by atoms with Gasteiger partial charge in [0.25, 0.3) is 0 Å². The van der Waals surface area contributed by atoms with Crippen LogP contribution in [-0.2, 0) is 4.84 Å². The maximum absolute atomic E-state index is 9.79. The number of β-amino-alcohol motifs (C(OH)–C–C–N with tert-alkyl or cyclic N) is 1. The molecular weight excluding hydrogens is 288 g/mol. The molecule has 1 heterocycles. The highest BCUT2D eigenvalue weighted by Gasteiger charge is 2.15. The van der Waals surface area contributed by atoms with Gasteiger partial charge in [0.05, 0.1) is 6.21 Å². The zero-order chi connectivity index (χ0) is 14.0. The second-order valence-electron chi connectivity index (χ2n) is 4.98. The van der Waals surface area contributed by atoms with Crippen molar-refractivity contribution in [1.82, 2.24) is 4.90 Å². The summed E-state index contributed by atoms with van der Waals surface area (Å²) in [5.41, 5.74) is 1.12. The molecule has 5 heteroatoms. The van der Waals surface area contributed by atoms with Crippen LogP contribution in [0.5, 0.6) is 0 Å². The number of aliphatic hydroxyl groups excluding tert-OH is 1. The monoisotopic (exact) mass is 309 g/mol. The Morgan fingerprint density at radius 1 is 1.24 bits per heavy atom. The molecule has 2 rings (SSSR count). The van der Waals surface area contributed by atoms with Crippen LogP contribution in [0.1, 0.15) is 18.4 Å². The predicted octanol–water partition coefficient (Wildman–Crippen LogP) is -0.837. The first-order chi connectivity index (χ1) is 9.84. The first-order valence-corrected chi connectivity index (χ1v) is 7.12. The standard InChI is InChI=1S/C16H22N2O2.ClH/c19-16(13-18-11-4-5-12-18)14-20-17-10-6-9-15-7-2-1-3-8-15;/h1-3,6-10,16,19H,4-5,11-14H2;1H/p-1/b9-6+,17-10+;. The number of allylic oxidation sites excluding steroid dienone is 1. The molecule has 0 aromatic heterocycles. The maximum Gasteiger partial charge on any atom is 0.144 e. The van der Waals surface area contributed by atoms with Gasteiger partial charge in [0, 0.05) is 6.54 Å². The van der Waals surface area contributed by atoms with Crippen LogP contribution in [0.4, 0.5) is 0 Å². The lowest BCUT2D eigenvalue weighted by Gasteiger charge is -2.17. The molecule has 1 unspecified atom stereocenters. The van der Waals surface area contributed by atoms with Crippen LogP contribution in [0.2, 0.25) is 0 Å². The molecule has 0 saturated carbocycles. The van der Waals surface area contributed by atoms with Crippen LogP contribution in [0.15, 0.2) is 41.6 Å². The van der Waals surface area contributed by atoms with Crippen molar-refractivity contribution in [2.24, 2.45) is 5.16 Å². The summed E-state index contributed by atoms with van der Waals surface area (Å²) in [4.78, 5) is 7.34. The number of aliphatic hydroxyl groups is 1. The fraction of sp³-hybridized carbons (Fsp3) is 0.438. The average Bonchev–Trinajstić information content (AvgIpc) is 2.96. The van der Waals surface area contributed by atoms with Gasteiger partial charge in [-0.3, -0.25) is 0 Å². The molecule has 1 atom stereocenters. The Kier molecular flexibility index (Phi) is 8.74. The first kappa shape index (κ1) is 17.7. The summed E-state index contributed by atoms with van der Waals surface area (Å²) in [6.07, 6.45) is 7.36. The Morgan fingerprint density at radius 3 is 2.67 bits per heavy atom. The van der Waals surface area contributed by atoms with Crippen molar-refractivity contribution >= 4 is 12.3 Å². The summed E-state index contributed by atoms with van der Waals surface area (Å²) in [7, 11) is 0. The Hall–Kier alpha value is -1.36. The third-order valence-electron chi connectivity index (χ3n) is 3.24. The van der Waals surface area contributed by atoms with Crippen molar-refractivity contribution in [3.8, 4) is 0 Å². The normalized spacial score (nSPS) is 17.2. The van der Waals surface area contributed by atoms with Crippen molar-refractivity contribution < 1.29 is 22.4 Å². The molecule has 1 aromatic rings. The van der Waals surface area contributed by atoms with E-state index in [1.54, 1.807) is 6.21 Å². The van der Waals surface area contributed by atoms with Crippen LogP contribution in [0, 0.1) is 0 Å². The number of halogens is 1. The van der Waals surface area contributed by atoms with Gasteiger partial charge in [-0.2, -0.15) is 0 Å². The van der Waals surface area contributed by atoms with E-state index in [2.05, 4.69) is 10.1 Å². The van der Waals surface area contributed by atoms with E-state index < -0.39 is 6.10 Å². The van der Waals surface area contributed by atoms with Crippen molar-refractivity contribution in [2.75, 3.05) is 26.2 Å². The third-order valence-corrected chi connectivity index (χ3v) is 3.24. The topological polar surface area (TPSA) is 45.1 Å². The molecule has 1 N–H and O–H groups in total. The number of oxime groups is 1. The van der Waals surface area contributed by atoms with Crippen LogP contribution in [0.25, 0.3) is 6.08 Å². The lowest BCUT2D eigenvalue weighted by Crippen LogP contribution is -3.00. The van der Waals surface area contributed by atoms with Crippen LogP contribution >= 0.6 is 0 Å². The summed E-state index contributed by atoms with van der Waals surface area (Å²) in [6, 6.07) is 10.00. The van der Waals surface area contributed by atoms with Crippen LogP contribution in [0.3, 0.4) is 0 Å². The number of nitrogens with zero attached hydrogens (tertiary/aromatic N) is 2. The van der Waals surface area contributed by atoms with Crippen LogP contribution < -0.4 is 12.4 Å². The number of likely N-dealkylation sites (tertiary alicyclic amines) is 1. The maximum atomic E-state index is 9.79. The molecule has 0 spiro atoms. The van der Waals surface area contributed by atoms with E-state index in [4.69, 9.17) is 4.84 Å².